The van der Waals surface area contributed by atoms with Crippen molar-refractivity contribution >= 4 is 5.91 Å². The lowest BCUT2D eigenvalue weighted by Crippen LogP contribution is -2.36. The molecule has 4 heteroatoms. The zero-order valence-electron chi connectivity index (χ0n) is 14.4. The molecule has 1 unspecified atom stereocenters. The van der Waals surface area contributed by atoms with Gasteiger partial charge >= 0.3 is 0 Å². The lowest BCUT2D eigenvalue weighted by atomic mass is 9.81. The van der Waals surface area contributed by atoms with Gasteiger partial charge in [0.2, 0.25) is 5.91 Å². The molecule has 0 spiro atoms. The van der Waals surface area contributed by atoms with E-state index >= 15 is 0 Å². The molecule has 0 radical (unpaired) electrons. The first-order valence-electron chi connectivity index (χ1n) is 8.88. The number of carbonyl (C=O) groups is 1. The summed E-state index contributed by atoms with van der Waals surface area (Å²) in [5.74, 6) is 1.22. The van der Waals surface area contributed by atoms with Gasteiger partial charge in [0.15, 0.2) is 0 Å². The van der Waals surface area contributed by atoms with Crippen LogP contribution < -0.4 is 0 Å². The maximum atomic E-state index is 12.5. The largest absolute Gasteiger partial charge is 0.361 e. The van der Waals surface area contributed by atoms with Gasteiger partial charge in [-0.3, -0.25) is 4.79 Å². The summed E-state index contributed by atoms with van der Waals surface area (Å²) in [6, 6.07) is 10.7. The first-order valence-corrected chi connectivity index (χ1v) is 8.88. The SMILES string of the molecule is CCN1CCC2(c3ccccc3)C[C@@]2(C)c2oncc2CCC1=O. The van der Waals surface area contributed by atoms with Gasteiger partial charge in [-0.1, -0.05) is 42.4 Å². The lowest BCUT2D eigenvalue weighted by Gasteiger charge is -2.29. The Labute approximate surface area is 142 Å². The van der Waals surface area contributed by atoms with E-state index in [4.69, 9.17) is 4.52 Å². The van der Waals surface area contributed by atoms with Crippen molar-refractivity contribution in [2.45, 2.75) is 50.4 Å². The van der Waals surface area contributed by atoms with Crippen molar-refractivity contribution in [2.24, 2.45) is 0 Å². The molecule has 1 aliphatic heterocycles. The molecule has 2 aliphatic rings. The lowest BCUT2D eigenvalue weighted by molar-refractivity contribution is -0.131. The molecule has 0 bridgehead atoms. The van der Waals surface area contributed by atoms with Gasteiger partial charge in [-0.25, -0.2) is 0 Å². The van der Waals surface area contributed by atoms with Crippen LogP contribution in [0.2, 0.25) is 0 Å². The van der Waals surface area contributed by atoms with Gasteiger partial charge in [0.1, 0.15) is 5.76 Å². The molecule has 1 amide bonds. The molecule has 1 aliphatic carbocycles. The fourth-order valence-electron chi connectivity index (χ4n) is 4.62. The van der Waals surface area contributed by atoms with E-state index in [2.05, 4.69) is 49.3 Å². The summed E-state index contributed by atoms with van der Waals surface area (Å²) < 4.78 is 5.70. The average molecular weight is 324 g/mol. The smallest absolute Gasteiger partial charge is 0.222 e. The summed E-state index contributed by atoms with van der Waals surface area (Å²) in [7, 11) is 0. The molecule has 126 valence electrons. The fraction of sp³-hybridized carbons (Fsp3) is 0.500. The number of rotatable bonds is 2. The number of amides is 1. The zero-order valence-corrected chi connectivity index (χ0v) is 14.4. The second-order valence-corrected chi connectivity index (χ2v) is 7.36. The van der Waals surface area contributed by atoms with Crippen LogP contribution in [0.15, 0.2) is 41.1 Å². The number of nitrogens with zero attached hydrogens (tertiary/aromatic N) is 2. The van der Waals surface area contributed by atoms with Crippen LogP contribution in [-0.2, 0) is 22.0 Å². The second-order valence-electron chi connectivity index (χ2n) is 7.36. The molecule has 1 saturated carbocycles. The first-order chi connectivity index (χ1) is 11.6. The number of hydrogen-bond acceptors (Lipinski definition) is 3. The van der Waals surface area contributed by atoms with Crippen molar-refractivity contribution in [3.63, 3.8) is 0 Å². The van der Waals surface area contributed by atoms with Crippen LogP contribution in [-0.4, -0.2) is 29.1 Å². The first kappa shape index (κ1) is 15.4. The number of aromatic nitrogens is 1. The Morgan fingerprint density at radius 2 is 2.04 bits per heavy atom. The predicted molar refractivity (Wildman–Crippen MR) is 91.8 cm³/mol. The van der Waals surface area contributed by atoms with Crippen LogP contribution in [0.4, 0.5) is 0 Å². The van der Waals surface area contributed by atoms with Crippen LogP contribution >= 0.6 is 0 Å². The minimum absolute atomic E-state index is 0.0278. The van der Waals surface area contributed by atoms with Crippen molar-refractivity contribution in [1.29, 1.82) is 0 Å². The molecule has 1 aromatic carbocycles. The maximum absolute atomic E-state index is 12.5. The molecule has 1 fully saturated rings. The van der Waals surface area contributed by atoms with E-state index in [-0.39, 0.29) is 16.7 Å². The zero-order chi connectivity index (χ0) is 16.8. The number of fused-ring (bicyclic) bond motifs is 3. The molecule has 2 heterocycles. The Balaban J connectivity index is 1.80. The van der Waals surface area contributed by atoms with Crippen LogP contribution in [0.3, 0.4) is 0 Å². The summed E-state index contributed by atoms with van der Waals surface area (Å²) in [5, 5.41) is 4.06. The number of carbonyl (C=O) groups excluding carboxylic acids is 1. The number of hydrogen-bond donors (Lipinski definition) is 0. The summed E-state index contributed by atoms with van der Waals surface area (Å²) in [5.41, 5.74) is 2.45. The highest BCUT2D eigenvalue weighted by molar-refractivity contribution is 5.76. The van der Waals surface area contributed by atoms with Gasteiger partial charge in [0, 0.05) is 35.9 Å². The summed E-state index contributed by atoms with van der Waals surface area (Å²) in [6.45, 7) is 5.94. The van der Waals surface area contributed by atoms with Gasteiger partial charge < -0.3 is 9.42 Å². The van der Waals surface area contributed by atoms with Crippen LogP contribution in [0, 0.1) is 0 Å². The van der Waals surface area contributed by atoms with Gasteiger partial charge in [0.25, 0.3) is 0 Å². The van der Waals surface area contributed by atoms with E-state index in [0.29, 0.717) is 12.8 Å². The molecule has 24 heavy (non-hydrogen) atoms. The molecule has 0 N–H and O–H groups in total. The molecule has 0 saturated heterocycles. The van der Waals surface area contributed by atoms with E-state index in [9.17, 15) is 4.79 Å². The van der Waals surface area contributed by atoms with Crippen molar-refractivity contribution in [1.82, 2.24) is 10.1 Å². The van der Waals surface area contributed by atoms with Crippen molar-refractivity contribution in [3.8, 4) is 0 Å². The Morgan fingerprint density at radius 1 is 1.25 bits per heavy atom. The number of benzene rings is 1. The van der Waals surface area contributed by atoms with E-state index in [1.165, 1.54) is 5.56 Å². The van der Waals surface area contributed by atoms with Crippen LogP contribution in [0.5, 0.6) is 0 Å². The highest BCUT2D eigenvalue weighted by Crippen LogP contribution is 2.67. The highest BCUT2D eigenvalue weighted by Gasteiger charge is 2.68. The van der Waals surface area contributed by atoms with Gasteiger partial charge in [-0.15, -0.1) is 0 Å². The van der Waals surface area contributed by atoms with E-state index in [1.54, 1.807) is 6.20 Å². The van der Waals surface area contributed by atoms with Crippen LogP contribution in [0.1, 0.15) is 50.0 Å². The summed E-state index contributed by atoms with van der Waals surface area (Å²) in [4.78, 5) is 14.5. The fourth-order valence-corrected chi connectivity index (χ4v) is 4.62. The maximum Gasteiger partial charge on any atom is 0.222 e. The Bertz CT molecular complexity index is 754. The van der Waals surface area contributed by atoms with Crippen molar-refractivity contribution < 1.29 is 9.32 Å². The van der Waals surface area contributed by atoms with E-state index in [1.807, 2.05) is 4.90 Å². The Kier molecular flexibility index (Phi) is 3.52. The molecule has 2 aromatic rings. The third kappa shape index (κ3) is 2.12. The van der Waals surface area contributed by atoms with Crippen molar-refractivity contribution in [2.75, 3.05) is 13.1 Å². The molecule has 2 atom stereocenters. The van der Waals surface area contributed by atoms with E-state index in [0.717, 1.165) is 37.3 Å². The molecular formula is C20H24N2O2. The van der Waals surface area contributed by atoms with Gasteiger partial charge in [-0.05, 0) is 31.7 Å². The van der Waals surface area contributed by atoms with E-state index < -0.39 is 0 Å². The Hall–Kier alpha value is -2.10. The summed E-state index contributed by atoms with van der Waals surface area (Å²) >= 11 is 0. The quantitative estimate of drug-likeness (QED) is 0.850. The topological polar surface area (TPSA) is 46.3 Å². The normalized spacial score (nSPS) is 29.8. The molecule has 1 aromatic heterocycles. The standard InChI is InChI=1S/C20H24N2O2/c1-3-22-12-11-20(16-7-5-4-6-8-16)14-19(20,2)18-15(13-21-24-18)9-10-17(22)23/h4-8,13H,3,9-12,14H2,1-2H3/t19-,20?/m0/s1. The number of aryl methyl sites for hydroxylation is 1. The van der Waals surface area contributed by atoms with Crippen LogP contribution in [0.25, 0.3) is 0 Å². The minimum atomic E-state index is -0.0278. The third-order valence-corrected chi connectivity index (χ3v) is 6.21. The van der Waals surface area contributed by atoms with Gasteiger partial charge in [-0.2, -0.15) is 0 Å². The third-order valence-electron chi connectivity index (χ3n) is 6.21. The molecular weight excluding hydrogens is 300 g/mol. The minimum Gasteiger partial charge on any atom is -0.361 e. The van der Waals surface area contributed by atoms with Gasteiger partial charge in [0.05, 0.1) is 6.20 Å². The monoisotopic (exact) mass is 324 g/mol. The van der Waals surface area contributed by atoms with Crippen molar-refractivity contribution in [3.05, 3.63) is 53.4 Å². The highest BCUT2D eigenvalue weighted by atomic mass is 16.5. The molecule has 4 rings (SSSR count). The summed E-state index contributed by atoms with van der Waals surface area (Å²) in [6.07, 6.45) is 5.08. The predicted octanol–water partition coefficient (Wildman–Crippen LogP) is 3.46. The Morgan fingerprint density at radius 3 is 2.79 bits per heavy atom. The second kappa shape index (κ2) is 5.47. The molecule has 4 nitrogen and oxygen atoms in total. The average Bonchev–Trinajstić information content (AvgIpc) is 2.97.